The maximum absolute atomic E-state index is 3.61. The van der Waals surface area contributed by atoms with Crippen LogP contribution in [0.3, 0.4) is 0 Å². The van der Waals surface area contributed by atoms with Gasteiger partial charge in [-0.25, -0.2) is 0 Å². The molecule has 0 bridgehead atoms. The van der Waals surface area contributed by atoms with E-state index in [0.29, 0.717) is 0 Å². The minimum absolute atomic E-state index is 0.869. The van der Waals surface area contributed by atoms with Crippen LogP contribution in [0.15, 0.2) is 0 Å². The molecule has 1 nitrogen and oxygen atoms in total. The summed E-state index contributed by atoms with van der Waals surface area (Å²) in [6.45, 7) is 6.19. The fraction of sp³-hybridized carbons (Fsp3) is 1.00. The fourth-order valence-electron chi connectivity index (χ4n) is 1.77. The van der Waals surface area contributed by atoms with Gasteiger partial charge in [-0.1, -0.05) is 29.3 Å². The molecule has 1 rings (SSSR count). The van der Waals surface area contributed by atoms with Gasteiger partial charge >= 0.3 is 0 Å². The number of nitrogens with zero attached hydrogens (tertiary/aromatic N) is 1. The molecule has 1 aliphatic heterocycles. The summed E-state index contributed by atoms with van der Waals surface area (Å²) in [7, 11) is 0. The van der Waals surface area contributed by atoms with E-state index in [2.05, 4.69) is 39.5 Å². The molecule has 0 spiro atoms. The van der Waals surface area contributed by atoms with Crippen LogP contribution < -0.4 is 0 Å². The lowest BCUT2D eigenvalue weighted by Gasteiger charge is -2.29. The molecule has 3 heteroatoms. The number of rotatable bonds is 5. The monoisotopic (exact) mass is 265 g/mol. The van der Waals surface area contributed by atoms with E-state index >= 15 is 0 Å². The Labute approximate surface area is 94.8 Å². The van der Waals surface area contributed by atoms with E-state index in [1.165, 1.54) is 49.3 Å². The van der Waals surface area contributed by atoms with Crippen LogP contribution in [0.4, 0.5) is 0 Å². The van der Waals surface area contributed by atoms with Gasteiger partial charge in [-0.2, -0.15) is 11.8 Å². The van der Waals surface area contributed by atoms with Gasteiger partial charge in [-0.3, -0.25) is 0 Å². The molecule has 0 amide bonds. The first-order valence-corrected chi connectivity index (χ1v) is 7.50. The van der Waals surface area contributed by atoms with Crippen molar-refractivity contribution in [2.24, 2.45) is 5.92 Å². The van der Waals surface area contributed by atoms with Crippen LogP contribution in [-0.2, 0) is 0 Å². The summed E-state index contributed by atoms with van der Waals surface area (Å²) in [5.74, 6) is 3.54. The van der Waals surface area contributed by atoms with Crippen molar-refractivity contribution in [3.8, 4) is 0 Å². The smallest absolute Gasteiger partial charge is 0.00728 e. The van der Waals surface area contributed by atoms with Crippen LogP contribution >= 0.6 is 27.7 Å². The first-order valence-electron chi connectivity index (χ1n) is 5.23. The standard InChI is InChI=1S/C10H20BrNS/c1-2-3-10(8-11)9-12-4-6-13-7-5-12/h10H,2-9H2,1H3. The maximum Gasteiger partial charge on any atom is 0.00728 e. The molecule has 1 unspecified atom stereocenters. The molecule has 0 aromatic rings. The molecule has 0 saturated carbocycles. The minimum atomic E-state index is 0.869. The number of halogens is 1. The Kier molecular flexibility index (Phi) is 6.51. The van der Waals surface area contributed by atoms with Gasteiger partial charge in [-0.05, 0) is 12.3 Å². The van der Waals surface area contributed by atoms with E-state index in [1.54, 1.807) is 0 Å². The van der Waals surface area contributed by atoms with E-state index in [0.717, 1.165) is 5.92 Å². The quantitative estimate of drug-likeness (QED) is 0.704. The van der Waals surface area contributed by atoms with Gasteiger partial charge < -0.3 is 4.90 Å². The van der Waals surface area contributed by atoms with Crippen molar-refractivity contribution >= 4 is 27.7 Å². The van der Waals surface area contributed by atoms with Crippen molar-refractivity contribution < 1.29 is 0 Å². The summed E-state index contributed by atoms with van der Waals surface area (Å²) in [4.78, 5) is 2.62. The molecule has 1 atom stereocenters. The number of alkyl halides is 1. The Bertz CT molecular complexity index is 123. The highest BCUT2D eigenvalue weighted by Crippen LogP contribution is 2.15. The van der Waals surface area contributed by atoms with Crippen molar-refractivity contribution in [1.82, 2.24) is 4.90 Å². The van der Waals surface area contributed by atoms with Gasteiger partial charge in [0, 0.05) is 36.5 Å². The molecule has 1 fully saturated rings. The molecular formula is C10H20BrNS. The molecule has 0 aromatic carbocycles. The SMILES string of the molecule is CCCC(CBr)CN1CCSCC1. The zero-order valence-corrected chi connectivity index (χ0v) is 10.9. The van der Waals surface area contributed by atoms with Crippen molar-refractivity contribution in [3.05, 3.63) is 0 Å². The average Bonchev–Trinajstić information content (AvgIpc) is 2.19. The summed E-state index contributed by atoms with van der Waals surface area (Å²) < 4.78 is 0. The third-order valence-electron chi connectivity index (χ3n) is 2.54. The Morgan fingerprint density at radius 1 is 1.38 bits per heavy atom. The van der Waals surface area contributed by atoms with Crippen LogP contribution in [0.25, 0.3) is 0 Å². The Morgan fingerprint density at radius 2 is 2.08 bits per heavy atom. The van der Waals surface area contributed by atoms with Gasteiger partial charge in [0.05, 0.1) is 0 Å². The van der Waals surface area contributed by atoms with Crippen LogP contribution in [-0.4, -0.2) is 41.4 Å². The van der Waals surface area contributed by atoms with Gasteiger partial charge in [0.1, 0.15) is 0 Å². The largest absolute Gasteiger partial charge is 0.301 e. The summed E-state index contributed by atoms with van der Waals surface area (Å²) in [5.41, 5.74) is 0. The average molecular weight is 266 g/mol. The van der Waals surface area contributed by atoms with E-state index in [4.69, 9.17) is 0 Å². The lowest BCUT2D eigenvalue weighted by atomic mass is 10.1. The van der Waals surface area contributed by atoms with Crippen LogP contribution in [0, 0.1) is 5.92 Å². The third kappa shape index (κ3) is 4.71. The van der Waals surface area contributed by atoms with Gasteiger partial charge in [-0.15, -0.1) is 0 Å². The Morgan fingerprint density at radius 3 is 2.62 bits per heavy atom. The minimum Gasteiger partial charge on any atom is -0.301 e. The van der Waals surface area contributed by atoms with E-state index in [9.17, 15) is 0 Å². The first kappa shape index (κ1) is 11.9. The van der Waals surface area contributed by atoms with Crippen LogP contribution in [0.2, 0.25) is 0 Å². The van der Waals surface area contributed by atoms with Gasteiger partial charge in [0.2, 0.25) is 0 Å². The normalized spacial score (nSPS) is 21.7. The molecular weight excluding hydrogens is 246 g/mol. The number of hydrogen-bond acceptors (Lipinski definition) is 2. The second-order valence-corrected chi connectivity index (χ2v) is 5.59. The summed E-state index contributed by atoms with van der Waals surface area (Å²) in [6, 6.07) is 0. The molecule has 1 aliphatic rings. The van der Waals surface area contributed by atoms with Gasteiger partial charge in [0.25, 0.3) is 0 Å². The molecule has 78 valence electrons. The lowest BCUT2D eigenvalue weighted by molar-refractivity contribution is 0.255. The maximum atomic E-state index is 3.61. The number of thioether (sulfide) groups is 1. The third-order valence-corrected chi connectivity index (χ3v) is 4.39. The number of hydrogen-bond donors (Lipinski definition) is 0. The van der Waals surface area contributed by atoms with Crippen LogP contribution in [0.5, 0.6) is 0 Å². The molecule has 0 radical (unpaired) electrons. The Balaban J connectivity index is 2.18. The summed E-state index contributed by atoms with van der Waals surface area (Å²) >= 11 is 5.71. The van der Waals surface area contributed by atoms with Crippen molar-refractivity contribution in [2.45, 2.75) is 19.8 Å². The van der Waals surface area contributed by atoms with Crippen molar-refractivity contribution in [3.63, 3.8) is 0 Å². The zero-order valence-electron chi connectivity index (χ0n) is 8.47. The predicted octanol–water partition coefficient (Wildman–Crippen LogP) is 2.85. The highest BCUT2D eigenvalue weighted by molar-refractivity contribution is 9.09. The van der Waals surface area contributed by atoms with Crippen LogP contribution in [0.1, 0.15) is 19.8 Å². The molecule has 0 N–H and O–H groups in total. The first-order chi connectivity index (χ1) is 6.36. The Hall–Kier alpha value is 0.790. The molecule has 1 saturated heterocycles. The lowest BCUT2D eigenvalue weighted by Crippen LogP contribution is -2.36. The second kappa shape index (κ2) is 7.13. The highest BCUT2D eigenvalue weighted by Gasteiger charge is 2.14. The summed E-state index contributed by atoms with van der Waals surface area (Å²) in [5, 5.41) is 1.17. The van der Waals surface area contributed by atoms with Crippen molar-refractivity contribution in [2.75, 3.05) is 36.5 Å². The van der Waals surface area contributed by atoms with Crippen molar-refractivity contribution in [1.29, 1.82) is 0 Å². The van der Waals surface area contributed by atoms with E-state index < -0.39 is 0 Å². The molecule has 0 aromatic heterocycles. The van der Waals surface area contributed by atoms with Gasteiger partial charge in [0.15, 0.2) is 0 Å². The topological polar surface area (TPSA) is 3.24 Å². The highest BCUT2D eigenvalue weighted by atomic mass is 79.9. The fourth-order valence-corrected chi connectivity index (χ4v) is 3.28. The van der Waals surface area contributed by atoms with E-state index in [1.807, 2.05) is 0 Å². The molecule has 13 heavy (non-hydrogen) atoms. The predicted molar refractivity (Wildman–Crippen MR) is 66.0 cm³/mol. The second-order valence-electron chi connectivity index (χ2n) is 3.72. The molecule has 1 heterocycles. The van der Waals surface area contributed by atoms with E-state index in [-0.39, 0.29) is 0 Å². The molecule has 0 aliphatic carbocycles. The summed E-state index contributed by atoms with van der Waals surface area (Å²) in [6.07, 6.45) is 2.69. The zero-order chi connectivity index (χ0) is 9.52.